The highest BCUT2D eigenvalue weighted by Crippen LogP contribution is 2.37. The van der Waals surface area contributed by atoms with Gasteiger partial charge >= 0.3 is 0 Å². The quantitative estimate of drug-likeness (QED) is 0.218. The number of aryl methyl sites for hydroxylation is 1. The highest BCUT2D eigenvalue weighted by Gasteiger charge is 2.29. The van der Waals surface area contributed by atoms with E-state index in [4.69, 9.17) is 16.5 Å². The molecule has 2 unspecified atom stereocenters. The Morgan fingerprint density at radius 3 is 1.97 bits per heavy atom. The van der Waals surface area contributed by atoms with Crippen molar-refractivity contribution in [3.05, 3.63) is 57.8 Å². The Balaban J connectivity index is 0.000000928. The van der Waals surface area contributed by atoms with Crippen molar-refractivity contribution in [2.75, 3.05) is 6.66 Å². The van der Waals surface area contributed by atoms with E-state index < -0.39 is 6.35 Å². The number of ether oxygens (including phenoxy) is 1. The van der Waals surface area contributed by atoms with Crippen molar-refractivity contribution < 1.29 is 9.53 Å². The van der Waals surface area contributed by atoms with Gasteiger partial charge in [-0.25, -0.2) is 4.98 Å². The van der Waals surface area contributed by atoms with E-state index >= 15 is 0 Å². The summed E-state index contributed by atoms with van der Waals surface area (Å²) >= 11 is 0. The maximum Gasteiger partial charge on any atom is 0.295 e. The summed E-state index contributed by atoms with van der Waals surface area (Å²) in [5.74, 6) is 0.534. The van der Waals surface area contributed by atoms with Crippen molar-refractivity contribution in [2.45, 2.75) is 118 Å². The number of hydrogen-bond acceptors (Lipinski definition) is 6. The largest absolute Gasteiger partial charge is 0.436 e. The number of carbonyl (C=O) groups is 1. The lowest BCUT2D eigenvalue weighted by Gasteiger charge is -2.27. The summed E-state index contributed by atoms with van der Waals surface area (Å²) in [6, 6.07) is 9.03. The average Bonchev–Trinajstić information content (AvgIpc) is 3.77. The Morgan fingerprint density at radius 2 is 1.59 bits per heavy atom. The third-order valence-electron chi connectivity index (χ3n) is 6.27. The van der Waals surface area contributed by atoms with Gasteiger partial charge in [0.25, 0.3) is 12.0 Å². The number of rotatable bonds is 9. The molecule has 8 heteroatoms. The highest BCUT2D eigenvalue weighted by atomic mass is 31.1. The fraction of sp³-hybridized carbons (Fsp3) is 0.645. The zero-order chi connectivity index (χ0) is 29.6. The average molecular weight is 563 g/mol. The van der Waals surface area contributed by atoms with Crippen LogP contribution in [0, 0.1) is 5.92 Å². The first kappa shape index (κ1) is 36.9. The van der Waals surface area contributed by atoms with Crippen molar-refractivity contribution in [2.24, 2.45) is 17.4 Å². The molecule has 0 saturated heterocycles. The Morgan fingerprint density at radius 1 is 1.03 bits per heavy atom. The van der Waals surface area contributed by atoms with Gasteiger partial charge in [-0.2, -0.15) is 0 Å². The molecule has 1 aromatic carbocycles. The van der Waals surface area contributed by atoms with Gasteiger partial charge in [-0.1, -0.05) is 113 Å². The lowest BCUT2D eigenvalue weighted by molar-refractivity contribution is -0.132. The Labute approximate surface area is 239 Å². The molecule has 2 saturated carbocycles. The van der Waals surface area contributed by atoms with Crippen LogP contribution in [-0.4, -0.2) is 29.0 Å². The third kappa shape index (κ3) is 13.7. The first-order valence-electron chi connectivity index (χ1n) is 14.9. The molecule has 7 nitrogen and oxygen atoms in total. The van der Waals surface area contributed by atoms with Crippen LogP contribution < -0.4 is 22.3 Å². The molecule has 2 aliphatic carbocycles. The lowest BCUT2D eigenvalue weighted by Crippen LogP contribution is -2.33. The predicted octanol–water partition coefficient (Wildman–Crippen LogP) is 6.05. The summed E-state index contributed by atoms with van der Waals surface area (Å²) in [6.07, 6.45) is 12.9. The van der Waals surface area contributed by atoms with Crippen molar-refractivity contribution in [1.82, 2.24) is 9.55 Å². The van der Waals surface area contributed by atoms with Crippen molar-refractivity contribution >= 4 is 20.4 Å². The van der Waals surface area contributed by atoms with Crippen LogP contribution in [0.3, 0.4) is 0 Å². The van der Waals surface area contributed by atoms with Crippen LogP contribution in [0.25, 0.3) is 0 Å². The summed E-state index contributed by atoms with van der Waals surface area (Å²) in [7, 11) is 0.807. The van der Waals surface area contributed by atoms with Crippen LogP contribution in [0.5, 0.6) is 0 Å². The van der Waals surface area contributed by atoms with E-state index in [1.807, 2.05) is 38.6 Å². The van der Waals surface area contributed by atoms with Gasteiger partial charge in [0.2, 0.25) is 6.35 Å². The Bertz CT molecular complexity index is 937. The molecular formula is C31H55N4O3P. The second-order valence-corrected chi connectivity index (χ2v) is 10.2. The fourth-order valence-corrected chi connectivity index (χ4v) is 4.89. The molecule has 2 aliphatic rings. The number of benzene rings is 1. The molecule has 4 rings (SSSR count). The molecule has 39 heavy (non-hydrogen) atoms. The monoisotopic (exact) mass is 562 g/mol. The topological polar surface area (TPSA) is 113 Å². The van der Waals surface area contributed by atoms with E-state index in [0.717, 1.165) is 39.1 Å². The van der Waals surface area contributed by atoms with Crippen LogP contribution >= 0.6 is 8.58 Å². The van der Waals surface area contributed by atoms with E-state index in [9.17, 15) is 9.59 Å². The molecule has 0 bridgehead atoms. The summed E-state index contributed by atoms with van der Waals surface area (Å²) in [4.78, 5) is 27.3. The number of hydrogen-bond donors (Lipinski definition) is 2. The van der Waals surface area contributed by atoms with Crippen molar-refractivity contribution in [1.29, 1.82) is 0 Å². The molecule has 2 fully saturated rings. The minimum atomic E-state index is -0.970. The molecule has 0 spiro atoms. The van der Waals surface area contributed by atoms with E-state index in [0.29, 0.717) is 5.92 Å². The summed E-state index contributed by atoms with van der Waals surface area (Å²) < 4.78 is 5.86. The van der Waals surface area contributed by atoms with Gasteiger partial charge in [-0.3, -0.25) is 25.6 Å². The first-order valence-corrected chi connectivity index (χ1v) is 16.4. The molecule has 2 atom stereocenters. The van der Waals surface area contributed by atoms with E-state index in [1.165, 1.54) is 55.8 Å². The minimum Gasteiger partial charge on any atom is -0.436 e. The molecule has 0 aliphatic heterocycles. The number of aromatic nitrogens is 2. The van der Waals surface area contributed by atoms with Crippen LogP contribution in [-0.2, 0) is 22.4 Å². The Kier molecular flexibility index (Phi) is 21.5. The summed E-state index contributed by atoms with van der Waals surface area (Å²) in [5, 5.41) is 1.37. The maximum atomic E-state index is 13.4. The normalized spacial score (nSPS) is 14.5. The van der Waals surface area contributed by atoms with Gasteiger partial charge < -0.3 is 4.74 Å². The summed E-state index contributed by atoms with van der Waals surface area (Å²) in [5.41, 5.74) is 12.8. The predicted molar refractivity (Wildman–Crippen MR) is 168 cm³/mol. The third-order valence-corrected chi connectivity index (χ3v) is 7.18. The number of nitrogens with two attached hydrogens (primary N) is 2. The summed E-state index contributed by atoms with van der Waals surface area (Å²) in [6.45, 7) is 14.6. The van der Waals surface area contributed by atoms with Gasteiger partial charge in [0.1, 0.15) is 0 Å². The molecule has 222 valence electrons. The second-order valence-electron chi connectivity index (χ2n) is 9.10. The van der Waals surface area contributed by atoms with Crippen LogP contribution in [0.4, 0.5) is 0 Å². The molecule has 0 radical (unpaired) electrons. The van der Waals surface area contributed by atoms with Gasteiger partial charge in [-0.15, -0.1) is 0 Å². The lowest BCUT2D eigenvalue weighted by atomic mass is 9.91. The van der Waals surface area contributed by atoms with Crippen LogP contribution in [0.15, 0.2) is 35.4 Å². The second kappa shape index (κ2) is 22.7. The molecule has 2 aromatic rings. The highest BCUT2D eigenvalue weighted by molar-refractivity contribution is 7.46. The molecule has 4 N–H and O–H groups in total. The number of carbonyl (C=O) groups excluding carboxylic acids is 1. The van der Waals surface area contributed by atoms with Gasteiger partial charge in [-0.05, 0) is 49.1 Å². The van der Waals surface area contributed by atoms with Gasteiger partial charge in [0.15, 0.2) is 0 Å². The van der Waals surface area contributed by atoms with E-state index in [-0.39, 0.29) is 18.1 Å². The zero-order valence-electron chi connectivity index (χ0n) is 25.5. The van der Waals surface area contributed by atoms with Crippen LogP contribution in [0.1, 0.15) is 116 Å². The molecule has 1 heterocycles. The number of nitrogens with zero attached hydrogens (tertiary/aromatic N) is 2. The fourth-order valence-electron chi connectivity index (χ4n) is 4.39. The smallest absolute Gasteiger partial charge is 0.295 e. The Hall–Kier alpha value is -2.08. The van der Waals surface area contributed by atoms with E-state index in [1.54, 1.807) is 0 Å². The zero-order valence-corrected chi connectivity index (χ0v) is 26.5. The van der Waals surface area contributed by atoms with E-state index in [2.05, 4.69) is 49.5 Å². The molecule has 0 amide bonds. The molecular weight excluding hydrogens is 507 g/mol. The van der Waals surface area contributed by atoms with Gasteiger partial charge in [0, 0.05) is 5.56 Å². The maximum absolute atomic E-state index is 13.4. The van der Waals surface area contributed by atoms with Crippen molar-refractivity contribution in [3.63, 3.8) is 0 Å². The SMILES string of the molecule is C1CC1.CC.CC.CCCc1c(CC)ncn(C(c2ccc(PC)cc2)C2CCCC2)c1=O.NC(N)OC=O. The minimum absolute atomic E-state index is 0.119. The molecule has 1 aromatic heterocycles. The first-order chi connectivity index (χ1) is 19.0. The van der Waals surface area contributed by atoms with Crippen molar-refractivity contribution in [3.8, 4) is 0 Å². The van der Waals surface area contributed by atoms with Crippen LogP contribution in [0.2, 0.25) is 0 Å². The van der Waals surface area contributed by atoms with Gasteiger partial charge in [0.05, 0.1) is 18.1 Å². The standard InChI is InChI=1S/C22H31N2OP.C3H6.C2H6N2O2.2C2H6/c1-4-8-19-20(5-2)23-15-24(22(19)25)21(16-9-6-7-10-16)17-11-13-18(26-3)14-12-17;1-2-3-1;3-2(4)6-1-5;2*1-2/h11-16,21,26H,4-10H2,1-3H3;1-3H2;1-2H,3-4H2;2*1-2H3.